The number of benzene rings is 1. The van der Waals surface area contributed by atoms with Crippen molar-refractivity contribution in [1.82, 2.24) is 9.97 Å². The van der Waals surface area contributed by atoms with Crippen molar-refractivity contribution in [2.45, 2.75) is 69.6 Å². The topological polar surface area (TPSA) is 87.4 Å². The molecule has 1 aromatic carbocycles. The van der Waals surface area contributed by atoms with Gasteiger partial charge in [0.2, 0.25) is 5.95 Å². The van der Waals surface area contributed by atoms with Crippen LogP contribution in [-0.2, 0) is 19.0 Å². The number of nitrogens with one attached hydrogen (secondary N) is 1. The van der Waals surface area contributed by atoms with Crippen molar-refractivity contribution >= 4 is 23.5 Å². The van der Waals surface area contributed by atoms with Gasteiger partial charge in [-0.2, -0.15) is 18.2 Å². The molecule has 7 nitrogen and oxygen atoms in total. The fourth-order valence-electron chi connectivity index (χ4n) is 5.04. The summed E-state index contributed by atoms with van der Waals surface area (Å²) in [6, 6.07) is 0.549. The zero-order chi connectivity index (χ0) is 25.3. The van der Waals surface area contributed by atoms with Crippen LogP contribution in [0, 0.1) is 5.82 Å². The number of amides is 2. The van der Waals surface area contributed by atoms with E-state index in [4.69, 9.17) is 15.7 Å². The molecule has 190 valence electrons. The standard InChI is InChI=1S/C24H30F4N6O/c1-33(2)21-17-5-3-4-6-19(17)31-23(32-21)30-15-8-10-16(11-9-15)34(22(29)35)20-13-14(24(26,27)28)7-12-18(20)25/h7,12-13,15-16H,3-6,8-11H2,1-2H3,(H2,29,35)(H,30,31,32). The summed E-state index contributed by atoms with van der Waals surface area (Å²) in [4.78, 5) is 24.6. The highest BCUT2D eigenvalue weighted by atomic mass is 19.4. The van der Waals surface area contributed by atoms with E-state index in [-0.39, 0.29) is 6.04 Å². The minimum absolute atomic E-state index is 0.0176. The zero-order valence-electron chi connectivity index (χ0n) is 19.8. The second kappa shape index (κ2) is 9.87. The molecule has 2 aliphatic carbocycles. The Bertz CT molecular complexity index is 1080. The maximum Gasteiger partial charge on any atom is 0.416 e. The highest BCUT2D eigenvalue weighted by Gasteiger charge is 2.35. The van der Waals surface area contributed by atoms with E-state index in [1.54, 1.807) is 0 Å². The first-order valence-corrected chi connectivity index (χ1v) is 11.8. The number of halogens is 4. The van der Waals surface area contributed by atoms with Crippen molar-refractivity contribution in [1.29, 1.82) is 0 Å². The van der Waals surface area contributed by atoms with Crippen molar-refractivity contribution in [2.75, 3.05) is 29.2 Å². The summed E-state index contributed by atoms with van der Waals surface area (Å²) in [5, 5.41) is 3.39. The van der Waals surface area contributed by atoms with E-state index in [9.17, 15) is 22.4 Å². The molecular formula is C24H30F4N6O. The van der Waals surface area contributed by atoms with Gasteiger partial charge in [-0.3, -0.25) is 4.90 Å². The van der Waals surface area contributed by atoms with Gasteiger partial charge < -0.3 is 16.0 Å². The number of nitrogens with zero attached hydrogens (tertiary/aromatic N) is 4. The molecule has 0 bridgehead atoms. The molecule has 0 saturated heterocycles. The lowest BCUT2D eigenvalue weighted by atomic mass is 9.90. The van der Waals surface area contributed by atoms with Crippen molar-refractivity contribution < 1.29 is 22.4 Å². The number of aryl methyl sites for hydroxylation is 1. The van der Waals surface area contributed by atoms with Crippen LogP contribution >= 0.6 is 0 Å². The quantitative estimate of drug-likeness (QED) is 0.578. The number of anilines is 3. The summed E-state index contributed by atoms with van der Waals surface area (Å²) in [6.07, 6.45) is 1.53. The highest BCUT2D eigenvalue weighted by Crippen LogP contribution is 2.36. The number of fused-ring (bicyclic) bond motifs is 1. The van der Waals surface area contributed by atoms with E-state index in [1.807, 2.05) is 19.0 Å². The number of rotatable bonds is 5. The highest BCUT2D eigenvalue weighted by molar-refractivity contribution is 5.91. The third kappa shape index (κ3) is 5.43. The number of carbonyl (C=O) groups is 1. The van der Waals surface area contributed by atoms with Gasteiger partial charge in [-0.25, -0.2) is 14.2 Å². The summed E-state index contributed by atoms with van der Waals surface area (Å²) < 4.78 is 54.0. The zero-order valence-corrected chi connectivity index (χ0v) is 19.8. The van der Waals surface area contributed by atoms with Crippen LogP contribution in [0.4, 0.5) is 39.8 Å². The molecule has 0 aliphatic heterocycles. The molecule has 2 aromatic rings. The van der Waals surface area contributed by atoms with Crippen LogP contribution in [0.15, 0.2) is 18.2 Å². The van der Waals surface area contributed by atoms with Gasteiger partial charge in [0.15, 0.2) is 0 Å². The Balaban J connectivity index is 1.48. The van der Waals surface area contributed by atoms with Gasteiger partial charge in [0.25, 0.3) is 0 Å². The van der Waals surface area contributed by atoms with E-state index in [2.05, 4.69) is 5.32 Å². The van der Waals surface area contributed by atoms with Crippen molar-refractivity contribution in [3.63, 3.8) is 0 Å². The molecule has 1 heterocycles. The van der Waals surface area contributed by atoms with E-state index in [0.29, 0.717) is 43.8 Å². The van der Waals surface area contributed by atoms with Crippen LogP contribution in [0.25, 0.3) is 0 Å². The van der Waals surface area contributed by atoms with Crippen molar-refractivity contribution in [2.24, 2.45) is 5.73 Å². The molecule has 1 saturated carbocycles. The van der Waals surface area contributed by atoms with Gasteiger partial charge in [-0.05, 0) is 69.6 Å². The Kier molecular flexibility index (Phi) is 7.05. The Morgan fingerprint density at radius 3 is 2.40 bits per heavy atom. The van der Waals surface area contributed by atoms with E-state index >= 15 is 0 Å². The molecule has 11 heteroatoms. The number of alkyl halides is 3. The van der Waals surface area contributed by atoms with Gasteiger partial charge in [-0.15, -0.1) is 0 Å². The third-order valence-electron chi connectivity index (χ3n) is 6.75. The van der Waals surface area contributed by atoms with Crippen LogP contribution in [0.5, 0.6) is 0 Å². The average Bonchev–Trinajstić information content (AvgIpc) is 2.80. The molecule has 0 spiro atoms. The van der Waals surface area contributed by atoms with Gasteiger partial charge in [0.05, 0.1) is 16.9 Å². The summed E-state index contributed by atoms with van der Waals surface area (Å²) in [7, 11) is 3.91. The fraction of sp³-hybridized carbons (Fsp3) is 0.542. The predicted molar refractivity (Wildman–Crippen MR) is 126 cm³/mol. The normalized spacial score (nSPS) is 20.2. The second-order valence-corrected chi connectivity index (χ2v) is 9.42. The number of nitrogens with two attached hydrogens (primary N) is 1. The summed E-state index contributed by atoms with van der Waals surface area (Å²) in [5.74, 6) is 0.537. The van der Waals surface area contributed by atoms with E-state index in [1.165, 1.54) is 5.56 Å². The number of aromatic nitrogens is 2. The first-order valence-electron chi connectivity index (χ1n) is 11.8. The smallest absolute Gasteiger partial charge is 0.362 e. The molecule has 0 unspecified atom stereocenters. The first kappa shape index (κ1) is 25.0. The number of carbonyl (C=O) groups excluding carboxylic acids is 1. The van der Waals surface area contributed by atoms with Crippen LogP contribution in [0.1, 0.15) is 55.3 Å². The monoisotopic (exact) mass is 494 g/mol. The maximum absolute atomic E-state index is 14.5. The molecule has 0 atom stereocenters. The molecule has 1 fully saturated rings. The molecule has 2 amide bonds. The Morgan fingerprint density at radius 1 is 1.09 bits per heavy atom. The number of hydrogen-bond acceptors (Lipinski definition) is 5. The summed E-state index contributed by atoms with van der Waals surface area (Å²) in [5.41, 5.74) is 6.27. The molecule has 35 heavy (non-hydrogen) atoms. The Morgan fingerprint density at radius 2 is 1.77 bits per heavy atom. The lowest BCUT2D eigenvalue weighted by molar-refractivity contribution is -0.137. The number of primary amides is 1. The number of urea groups is 1. The maximum atomic E-state index is 14.5. The van der Waals surface area contributed by atoms with Crippen molar-refractivity contribution in [3.8, 4) is 0 Å². The Labute approximate surface area is 201 Å². The molecule has 2 aliphatic rings. The molecule has 3 N–H and O–H groups in total. The van der Waals surface area contributed by atoms with Crippen LogP contribution in [0.2, 0.25) is 0 Å². The molecule has 1 aromatic heterocycles. The molecule has 0 radical (unpaired) electrons. The van der Waals surface area contributed by atoms with E-state index < -0.39 is 35.3 Å². The SMILES string of the molecule is CN(C)c1nc(NC2CCC(N(C(N)=O)c3cc(C(F)(F)F)ccc3F)CC2)nc2c1CCCC2. The van der Waals surface area contributed by atoms with Gasteiger partial charge in [0.1, 0.15) is 11.6 Å². The van der Waals surface area contributed by atoms with Gasteiger partial charge in [0, 0.05) is 31.7 Å². The molecular weight excluding hydrogens is 464 g/mol. The average molecular weight is 495 g/mol. The van der Waals surface area contributed by atoms with Crippen LogP contribution < -0.4 is 20.9 Å². The predicted octanol–water partition coefficient (Wildman–Crippen LogP) is 4.89. The Hall–Kier alpha value is -3.11. The fourth-order valence-corrected chi connectivity index (χ4v) is 5.04. The summed E-state index contributed by atoms with van der Waals surface area (Å²) in [6.45, 7) is 0. The largest absolute Gasteiger partial charge is 0.416 e. The van der Waals surface area contributed by atoms with Crippen LogP contribution in [0.3, 0.4) is 0 Å². The number of hydrogen-bond donors (Lipinski definition) is 2. The van der Waals surface area contributed by atoms with Crippen molar-refractivity contribution in [3.05, 3.63) is 40.8 Å². The second-order valence-electron chi connectivity index (χ2n) is 9.42. The van der Waals surface area contributed by atoms with Crippen LogP contribution in [-0.4, -0.2) is 42.2 Å². The molecule has 4 rings (SSSR count). The first-order chi connectivity index (χ1) is 16.5. The lowest BCUT2D eigenvalue weighted by Crippen LogP contribution is -2.47. The van der Waals surface area contributed by atoms with E-state index in [0.717, 1.165) is 48.2 Å². The lowest BCUT2D eigenvalue weighted by Gasteiger charge is -2.36. The minimum Gasteiger partial charge on any atom is -0.362 e. The minimum atomic E-state index is -4.66. The summed E-state index contributed by atoms with van der Waals surface area (Å²) >= 11 is 0. The third-order valence-corrected chi connectivity index (χ3v) is 6.75. The van der Waals surface area contributed by atoms with Gasteiger partial charge >= 0.3 is 12.2 Å². The van der Waals surface area contributed by atoms with Gasteiger partial charge in [-0.1, -0.05) is 0 Å².